The lowest BCUT2D eigenvalue weighted by Gasteiger charge is -2.22. The monoisotopic (exact) mass is 353 g/mol. The van der Waals surface area contributed by atoms with E-state index in [1.54, 1.807) is 6.92 Å². The average molecular weight is 353 g/mol. The molecule has 1 N–H and O–H groups in total. The fourth-order valence-corrected chi connectivity index (χ4v) is 3.67. The smallest absolute Gasteiger partial charge is 0.289 e. The molecule has 0 bridgehead atoms. The van der Waals surface area contributed by atoms with Crippen molar-refractivity contribution in [3.05, 3.63) is 57.0 Å². The molecule has 1 aromatic carbocycles. The van der Waals surface area contributed by atoms with E-state index in [0.717, 1.165) is 30.8 Å². The van der Waals surface area contributed by atoms with Gasteiger partial charge < -0.3 is 9.64 Å². The highest BCUT2D eigenvalue weighted by Gasteiger charge is 2.31. The van der Waals surface area contributed by atoms with Gasteiger partial charge in [0.05, 0.1) is 18.8 Å². The highest BCUT2D eigenvalue weighted by atomic mass is 16.5. The summed E-state index contributed by atoms with van der Waals surface area (Å²) in [4.78, 5) is 13.9. The van der Waals surface area contributed by atoms with E-state index >= 15 is 0 Å². The van der Waals surface area contributed by atoms with Crippen LogP contribution in [0.1, 0.15) is 48.2 Å². The summed E-state index contributed by atoms with van der Waals surface area (Å²) in [6, 6.07) is 10.6. The molecule has 26 heavy (non-hydrogen) atoms. The first-order valence-electron chi connectivity index (χ1n) is 9.11. The molecule has 3 rings (SSSR count). The molecule has 1 unspecified atom stereocenters. The van der Waals surface area contributed by atoms with Crippen molar-refractivity contribution >= 4 is 0 Å². The van der Waals surface area contributed by atoms with E-state index in [1.807, 2.05) is 32.0 Å². The highest BCUT2D eigenvalue weighted by Crippen LogP contribution is 2.22. The largest absolute Gasteiger partial charge is 0.494 e. The molecule has 2 aromatic rings. The van der Waals surface area contributed by atoms with Gasteiger partial charge in [0.2, 0.25) is 0 Å². The molecule has 1 aromatic heterocycles. The van der Waals surface area contributed by atoms with Gasteiger partial charge in [-0.2, -0.15) is 15.0 Å². The maximum Gasteiger partial charge on any atom is 0.289 e. The summed E-state index contributed by atoms with van der Waals surface area (Å²) in [7, 11) is 0. The topological polar surface area (TPSA) is 72.3 Å². The zero-order valence-electron chi connectivity index (χ0n) is 15.6. The summed E-state index contributed by atoms with van der Waals surface area (Å²) in [6.45, 7) is 7.71. The fourth-order valence-electron chi connectivity index (χ4n) is 3.67. The maximum absolute atomic E-state index is 12.6. The fraction of sp³-hybridized carbons (Fsp3) is 0.450. The third-order valence-electron chi connectivity index (χ3n) is 5.18. The number of hydrogen-bond donors (Lipinski definition) is 1. The molecule has 1 aliphatic heterocycles. The number of benzene rings is 1. The second-order valence-electron chi connectivity index (χ2n) is 6.77. The van der Waals surface area contributed by atoms with Crippen molar-refractivity contribution in [3.8, 4) is 11.8 Å². The maximum atomic E-state index is 12.6. The van der Waals surface area contributed by atoms with E-state index in [9.17, 15) is 10.1 Å². The van der Waals surface area contributed by atoms with Crippen LogP contribution in [-0.4, -0.2) is 22.9 Å². The minimum absolute atomic E-state index is 0.203. The summed E-state index contributed by atoms with van der Waals surface area (Å²) in [5.74, 6) is 0.876. The number of aromatic nitrogens is 2. The number of likely N-dealkylation sites (tertiary alicyclic amines) is 1. The zero-order valence-corrected chi connectivity index (χ0v) is 15.6. The van der Waals surface area contributed by atoms with E-state index < -0.39 is 0 Å². The van der Waals surface area contributed by atoms with Crippen LogP contribution in [-0.2, 0) is 6.67 Å². The quantitative estimate of drug-likeness (QED) is 0.884. The lowest BCUT2D eigenvalue weighted by atomic mass is 10.0. The Kier molecular flexibility index (Phi) is 5.38. The summed E-state index contributed by atoms with van der Waals surface area (Å²) in [5, 5.41) is 13.7. The highest BCUT2D eigenvalue weighted by molar-refractivity contribution is 5.36. The van der Waals surface area contributed by atoms with Crippen molar-refractivity contribution in [2.24, 2.45) is 0 Å². The molecule has 0 amide bonds. The van der Waals surface area contributed by atoms with Gasteiger partial charge in [-0.15, -0.1) is 0 Å². The molecular formula is C20H25N4O2+. The van der Waals surface area contributed by atoms with Crippen molar-refractivity contribution in [3.63, 3.8) is 0 Å². The van der Waals surface area contributed by atoms with Crippen molar-refractivity contribution in [2.75, 3.05) is 13.2 Å². The third kappa shape index (κ3) is 3.49. The molecule has 6 nitrogen and oxygen atoms in total. The molecular weight excluding hydrogens is 328 g/mol. The van der Waals surface area contributed by atoms with E-state index in [-0.39, 0.29) is 11.1 Å². The van der Waals surface area contributed by atoms with Gasteiger partial charge in [0, 0.05) is 18.4 Å². The number of nitriles is 1. The predicted octanol–water partition coefficient (Wildman–Crippen LogP) is 1.51. The molecule has 0 saturated carbocycles. The first-order valence-corrected chi connectivity index (χ1v) is 9.11. The van der Waals surface area contributed by atoms with Crippen molar-refractivity contribution < 1.29 is 9.64 Å². The van der Waals surface area contributed by atoms with Gasteiger partial charge in [0.1, 0.15) is 23.4 Å². The van der Waals surface area contributed by atoms with Gasteiger partial charge in [-0.05, 0) is 50.6 Å². The standard InChI is InChI=1S/C20H24N4O2/c1-4-26-17-9-7-16(8-10-17)19-6-5-11-23(19)13-24-20(25)18(12-21)14(2)15(3)22-24/h7-10,19H,4-6,11,13H2,1-3H3/p+1/t19-/m1/s1. The van der Waals surface area contributed by atoms with Crippen molar-refractivity contribution in [1.29, 1.82) is 5.26 Å². The molecule has 136 valence electrons. The summed E-state index contributed by atoms with van der Waals surface area (Å²) < 4.78 is 6.98. The molecule has 2 atom stereocenters. The number of hydrogen-bond acceptors (Lipinski definition) is 4. The van der Waals surface area contributed by atoms with Gasteiger partial charge >= 0.3 is 0 Å². The Bertz CT molecular complexity index is 880. The number of nitrogens with zero attached hydrogens (tertiary/aromatic N) is 3. The van der Waals surface area contributed by atoms with Crippen LogP contribution in [0.25, 0.3) is 0 Å². The summed E-state index contributed by atoms with van der Waals surface area (Å²) in [6.07, 6.45) is 2.19. The Morgan fingerprint density at radius 2 is 2.08 bits per heavy atom. The van der Waals surface area contributed by atoms with Crippen LogP contribution < -0.4 is 15.2 Å². The molecule has 0 spiro atoms. The van der Waals surface area contributed by atoms with Crippen LogP contribution in [0, 0.1) is 25.2 Å². The second-order valence-corrected chi connectivity index (χ2v) is 6.77. The predicted molar refractivity (Wildman–Crippen MR) is 98.1 cm³/mol. The lowest BCUT2D eigenvalue weighted by Crippen LogP contribution is -3.10. The average Bonchev–Trinajstić information content (AvgIpc) is 3.09. The van der Waals surface area contributed by atoms with Crippen molar-refractivity contribution in [1.82, 2.24) is 9.78 Å². The van der Waals surface area contributed by atoms with Gasteiger partial charge in [-0.3, -0.25) is 4.79 Å². The molecule has 1 saturated heterocycles. The van der Waals surface area contributed by atoms with Crippen LogP contribution in [0.2, 0.25) is 0 Å². The molecule has 1 aliphatic rings. The normalized spacial score (nSPS) is 19.3. The SMILES string of the molecule is CCOc1ccc([C@H]2CCC[NH+]2Cn2nc(C)c(C)c(C#N)c2=O)cc1. The minimum Gasteiger partial charge on any atom is -0.494 e. The Morgan fingerprint density at radius 3 is 2.73 bits per heavy atom. The number of nitrogens with one attached hydrogen (secondary N) is 1. The molecule has 2 heterocycles. The van der Waals surface area contributed by atoms with E-state index in [4.69, 9.17) is 4.74 Å². The first kappa shape index (κ1) is 18.2. The molecule has 1 fully saturated rings. The molecule has 6 heteroatoms. The lowest BCUT2D eigenvalue weighted by molar-refractivity contribution is -0.941. The van der Waals surface area contributed by atoms with Crippen LogP contribution in [0.4, 0.5) is 0 Å². The number of ether oxygens (including phenoxy) is 1. The molecule has 0 aliphatic carbocycles. The number of aryl methyl sites for hydroxylation is 1. The van der Waals surface area contributed by atoms with Crippen LogP contribution in [0.3, 0.4) is 0 Å². The van der Waals surface area contributed by atoms with Gasteiger partial charge in [-0.25, -0.2) is 0 Å². The van der Waals surface area contributed by atoms with E-state index in [1.165, 1.54) is 15.1 Å². The molecule has 0 radical (unpaired) electrons. The summed E-state index contributed by atoms with van der Waals surface area (Å²) >= 11 is 0. The third-order valence-corrected chi connectivity index (χ3v) is 5.18. The van der Waals surface area contributed by atoms with Crippen LogP contribution in [0.15, 0.2) is 29.1 Å². The Morgan fingerprint density at radius 1 is 1.35 bits per heavy atom. The van der Waals surface area contributed by atoms with Crippen LogP contribution >= 0.6 is 0 Å². The van der Waals surface area contributed by atoms with Crippen molar-refractivity contribution in [2.45, 2.75) is 46.3 Å². The Hall–Kier alpha value is -2.65. The van der Waals surface area contributed by atoms with Crippen LogP contribution in [0.5, 0.6) is 5.75 Å². The Balaban J connectivity index is 1.85. The van der Waals surface area contributed by atoms with E-state index in [0.29, 0.717) is 24.9 Å². The van der Waals surface area contributed by atoms with E-state index in [2.05, 4.69) is 17.2 Å². The first-order chi connectivity index (χ1) is 12.5. The Labute approximate surface area is 153 Å². The van der Waals surface area contributed by atoms with Gasteiger partial charge in [0.25, 0.3) is 5.56 Å². The second kappa shape index (κ2) is 7.71. The zero-order chi connectivity index (χ0) is 18.7. The van der Waals surface area contributed by atoms with Gasteiger partial charge in [0.15, 0.2) is 6.67 Å². The number of rotatable bonds is 5. The number of quaternary nitrogens is 1. The summed E-state index contributed by atoms with van der Waals surface area (Å²) in [5.41, 5.74) is 2.57. The van der Waals surface area contributed by atoms with Gasteiger partial charge in [-0.1, -0.05) is 0 Å². The minimum atomic E-state index is -0.291.